The molecule has 2 N–H and O–H groups in total. The van der Waals surface area contributed by atoms with E-state index in [4.69, 9.17) is 0 Å². The molecule has 3 aliphatic rings. The number of halogens is 1. The van der Waals surface area contributed by atoms with Gasteiger partial charge in [0.25, 0.3) is 0 Å². The minimum atomic E-state index is -1.00. The molecule has 2 aliphatic heterocycles. The van der Waals surface area contributed by atoms with Crippen molar-refractivity contribution < 1.29 is 19.1 Å². The van der Waals surface area contributed by atoms with Gasteiger partial charge in [0.15, 0.2) is 0 Å². The monoisotopic (exact) mass is 389 g/mol. The number of fused-ring (bicyclic) bond motifs is 1. The smallest absolute Gasteiger partial charge is 0.407 e. The number of piperidine rings is 1. The third kappa shape index (κ3) is 3.99. The van der Waals surface area contributed by atoms with E-state index in [-0.39, 0.29) is 17.8 Å². The van der Waals surface area contributed by atoms with E-state index in [1.54, 1.807) is 0 Å². The third-order valence-electron chi connectivity index (χ3n) is 6.63. The molecule has 1 aromatic rings. The van der Waals surface area contributed by atoms with Crippen LogP contribution in [0.5, 0.6) is 0 Å². The number of likely N-dealkylation sites (tertiary alicyclic amines) is 2. The predicted octanol–water partition coefficient (Wildman–Crippen LogP) is 2.68. The molecule has 1 aliphatic carbocycles. The van der Waals surface area contributed by atoms with Crippen LogP contribution < -0.4 is 5.32 Å². The lowest BCUT2D eigenvalue weighted by Crippen LogP contribution is -2.54. The van der Waals surface area contributed by atoms with E-state index in [9.17, 15) is 19.1 Å². The number of carbonyl (C=O) groups is 2. The lowest BCUT2D eigenvalue weighted by molar-refractivity contribution is -0.127. The summed E-state index contributed by atoms with van der Waals surface area (Å²) < 4.78 is 13.1. The van der Waals surface area contributed by atoms with Crippen LogP contribution in [0.4, 0.5) is 9.18 Å². The first-order valence-electron chi connectivity index (χ1n) is 10.3. The maximum Gasteiger partial charge on any atom is 0.407 e. The highest BCUT2D eigenvalue weighted by Crippen LogP contribution is 2.39. The number of hydrogen-bond donors (Lipinski definition) is 2. The second-order valence-corrected chi connectivity index (χ2v) is 8.42. The molecule has 7 heteroatoms. The Morgan fingerprint density at radius 3 is 2.64 bits per heavy atom. The highest BCUT2D eigenvalue weighted by Gasteiger charge is 2.44. The van der Waals surface area contributed by atoms with Crippen molar-refractivity contribution in [1.29, 1.82) is 0 Å². The fraction of sp³-hybridized carbons (Fsp3) is 0.619. The summed E-state index contributed by atoms with van der Waals surface area (Å²) in [6.07, 6.45) is 3.37. The van der Waals surface area contributed by atoms with Crippen LogP contribution in [0.2, 0.25) is 0 Å². The molecule has 1 saturated carbocycles. The van der Waals surface area contributed by atoms with Gasteiger partial charge in [0, 0.05) is 32.2 Å². The molecule has 4 rings (SSSR count). The zero-order valence-corrected chi connectivity index (χ0v) is 16.0. The van der Waals surface area contributed by atoms with Crippen LogP contribution in [0.3, 0.4) is 0 Å². The van der Waals surface area contributed by atoms with E-state index in [0.717, 1.165) is 50.9 Å². The normalized spacial score (nSPS) is 30.2. The number of hydrogen-bond acceptors (Lipinski definition) is 3. The lowest BCUT2D eigenvalue weighted by Gasteiger charge is -2.33. The lowest BCUT2D eigenvalue weighted by atomic mass is 9.96. The van der Waals surface area contributed by atoms with Crippen LogP contribution in [-0.4, -0.2) is 58.6 Å². The Balaban J connectivity index is 1.34. The fourth-order valence-electron chi connectivity index (χ4n) is 5.23. The van der Waals surface area contributed by atoms with E-state index in [2.05, 4.69) is 10.2 Å². The van der Waals surface area contributed by atoms with Crippen LogP contribution in [0.1, 0.15) is 37.7 Å². The molecule has 0 spiro atoms. The van der Waals surface area contributed by atoms with Gasteiger partial charge in [0.1, 0.15) is 11.9 Å². The first-order chi connectivity index (χ1) is 13.5. The molecule has 6 nitrogen and oxygen atoms in total. The van der Waals surface area contributed by atoms with Crippen molar-refractivity contribution in [2.75, 3.05) is 19.6 Å². The van der Waals surface area contributed by atoms with Gasteiger partial charge in [0.2, 0.25) is 5.91 Å². The van der Waals surface area contributed by atoms with Gasteiger partial charge in [-0.3, -0.25) is 14.6 Å². The Labute approximate surface area is 164 Å². The Morgan fingerprint density at radius 1 is 1.11 bits per heavy atom. The minimum absolute atomic E-state index is 0.119. The van der Waals surface area contributed by atoms with E-state index in [1.807, 2.05) is 12.1 Å². The first kappa shape index (κ1) is 19.2. The summed E-state index contributed by atoms with van der Waals surface area (Å²) >= 11 is 0. The number of benzene rings is 1. The Morgan fingerprint density at radius 2 is 1.89 bits per heavy atom. The summed E-state index contributed by atoms with van der Waals surface area (Å²) in [6, 6.07) is 6.20. The van der Waals surface area contributed by atoms with E-state index >= 15 is 0 Å². The summed E-state index contributed by atoms with van der Waals surface area (Å²) in [5.41, 5.74) is 1.10. The highest BCUT2D eigenvalue weighted by atomic mass is 19.1. The number of amides is 2. The fourth-order valence-corrected chi connectivity index (χ4v) is 5.23. The van der Waals surface area contributed by atoms with Crippen molar-refractivity contribution in [1.82, 2.24) is 15.1 Å². The van der Waals surface area contributed by atoms with Crippen LogP contribution in [0.15, 0.2) is 24.3 Å². The Bertz CT molecular complexity index is 726. The summed E-state index contributed by atoms with van der Waals surface area (Å²) in [7, 11) is 0. The summed E-state index contributed by atoms with van der Waals surface area (Å²) in [4.78, 5) is 27.9. The molecule has 2 saturated heterocycles. The first-order valence-corrected chi connectivity index (χ1v) is 10.3. The van der Waals surface area contributed by atoms with Crippen LogP contribution >= 0.6 is 0 Å². The molecule has 152 valence electrons. The molecule has 2 amide bonds. The van der Waals surface area contributed by atoms with E-state index in [0.29, 0.717) is 24.8 Å². The average Bonchev–Trinajstić information content (AvgIpc) is 3.24. The van der Waals surface area contributed by atoms with Crippen molar-refractivity contribution in [2.24, 2.45) is 11.8 Å². The second-order valence-electron chi connectivity index (χ2n) is 8.42. The van der Waals surface area contributed by atoms with Gasteiger partial charge in [-0.2, -0.15) is 0 Å². The maximum atomic E-state index is 13.1. The van der Waals surface area contributed by atoms with E-state index in [1.165, 1.54) is 17.0 Å². The van der Waals surface area contributed by atoms with Crippen LogP contribution in [0.25, 0.3) is 0 Å². The van der Waals surface area contributed by atoms with Gasteiger partial charge in [-0.25, -0.2) is 9.18 Å². The molecule has 0 aromatic heterocycles. The maximum absolute atomic E-state index is 13.1. The number of nitrogens with zero attached hydrogens (tertiary/aromatic N) is 2. The molecule has 2 heterocycles. The van der Waals surface area contributed by atoms with Crippen LogP contribution in [0, 0.1) is 17.7 Å². The number of carbonyl (C=O) groups excluding carboxylic acids is 1. The van der Waals surface area contributed by atoms with Crippen molar-refractivity contribution in [3.05, 3.63) is 35.6 Å². The Hall–Kier alpha value is -2.15. The number of nitrogens with one attached hydrogen (secondary N) is 1. The van der Waals surface area contributed by atoms with Crippen molar-refractivity contribution in [2.45, 2.75) is 50.7 Å². The molecular formula is C21H28FN3O3. The average molecular weight is 389 g/mol. The predicted molar refractivity (Wildman–Crippen MR) is 102 cm³/mol. The summed E-state index contributed by atoms with van der Waals surface area (Å²) in [5, 5.41) is 12.6. The van der Waals surface area contributed by atoms with Crippen molar-refractivity contribution >= 4 is 12.0 Å². The molecule has 0 radical (unpaired) electrons. The summed E-state index contributed by atoms with van der Waals surface area (Å²) in [5.74, 6) is 0.617. The molecular weight excluding hydrogens is 361 g/mol. The van der Waals surface area contributed by atoms with Gasteiger partial charge in [-0.1, -0.05) is 12.1 Å². The van der Waals surface area contributed by atoms with Crippen molar-refractivity contribution in [3.8, 4) is 0 Å². The molecule has 4 atom stereocenters. The van der Waals surface area contributed by atoms with Gasteiger partial charge in [0.05, 0.1) is 0 Å². The molecule has 1 aromatic carbocycles. The highest BCUT2D eigenvalue weighted by molar-refractivity contribution is 5.85. The molecule has 0 unspecified atom stereocenters. The number of carboxylic acid groups (broad SMARTS) is 1. The standard InChI is InChI=1S/C21H28FN3O3/c22-16-7-4-14(5-8-16)11-24-12-15-6-9-18(17(15)13-24)23-20(26)19-3-1-2-10-25(19)21(27)28/h4-5,7-8,15,17-19H,1-3,6,9-13H2,(H,23,26)(H,27,28)/t15-,17+,18+,19-/m0/s1. The minimum Gasteiger partial charge on any atom is -0.465 e. The van der Waals surface area contributed by atoms with Gasteiger partial charge in [-0.15, -0.1) is 0 Å². The largest absolute Gasteiger partial charge is 0.465 e. The quantitative estimate of drug-likeness (QED) is 0.831. The van der Waals surface area contributed by atoms with Gasteiger partial charge in [-0.05, 0) is 61.6 Å². The van der Waals surface area contributed by atoms with Crippen molar-refractivity contribution in [3.63, 3.8) is 0 Å². The zero-order valence-electron chi connectivity index (χ0n) is 16.0. The van der Waals surface area contributed by atoms with Gasteiger partial charge < -0.3 is 10.4 Å². The SMILES string of the molecule is O=C(N[C@@H]1CC[C@H]2CN(Cc3ccc(F)cc3)C[C@H]21)[C@@H]1CCCCN1C(=O)O. The molecule has 0 bridgehead atoms. The Kier molecular flexibility index (Phi) is 5.53. The van der Waals surface area contributed by atoms with Gasteiger partial charge >= 0.3 is 6.09 Å². The van der Waals surface area contributed by atoms with E-state index < -0.39 is 12.1 Å². The topological polar surface area (TPSA) is 72.9 Å². The third-order valence-corrected chi connectivity index (χ3v) is 6.63. The molecule has 28 heavy (non-hydrogen) atoms. The van der Waals surface area contributed by atoms with Crippen LogP contribution in [-0.2, 0) is 11.3 Å². The summed E-state index contributed by atoms with van der Waals surface area (Å²) in [6.45, 7) is 3.15. The number of rotatable bonds is 4. The molecule has 3 fully saturated rings. The zero-order chi connectivity index (χ0) is 19.7. The second kappa shape index (κ2) is 8.07.